The summed E-state index contributed by atoms with van der Waals surface area (Å²) in [6.45, 7) is 11.5. The topological polar surface area (TPSA) is 94.3 Å². The number of nitrogens with zero attached hydrogens (tertiary/aromatic N) is 1. The maximum Gasteiger partial charge on any atom is 0.268 e. The molecule has 2 aliphatic rings. The summed E-state index contributed by atoms with van der Waals surface area (Å²) in [7, 11) is 0. The summed E-state index contributed by atoms with van der Waals surface area (Å²) in [5.41, 5.74) is 4.37. The van der Waals surface area contributed by atoms with Crippen LogP contribution in [0.4, 0.5) is 5.69 Å². The number of hydrogen-bond acceptors (Lipinski definition) is 4. The Morgan fingerprint density at radius 3 is 2.47 bits per heavy atom. The number of ketones is 1. The molecule has 38 heavy (non-hydrogen) atoms. The summed E-state index contributed by atoms with van der Waals surface area (Å²) in [5, 5.41) is 5.94. The molecular weight excluding hydrogens is 476 g/mol. The van der Waals surface area contributed by atoms with E-state index in [0.29, 0.717) is 29.7 Å². The Bertz CT molecular complexity index is 1140. The normalized spacial score (nSPS) is 18.1. The Hall–Kier alpha value is -2.93. The van der Waals surface area contributed by atoms with E-state index in [4.69, 9.17) is 0 Å². The summed E-state index contributed by atoms with van der Waals surface area (Å²) < 4.78 is 0. The number of aromatic nitrogens is 1. The van der Waals surface area contributed by atoms with Crippen molar-refractivity contribution in [3.63, 3.8) is 0 Å². The molecule has 0 spiro atoms. The molecule has 7 heteroatoms. The first-order chi connectivity index (χ1) is 18.2. The van der Waals surface area contributed by atoms with Gasteiger partial charge >= 0.3 is 0 Å². The van der Waals surface area contributed by atoms with E-state index in [-0.39, 0.29) is 23.0 Å². The standard InChI is InChI=1S/C31H44N4O3/c1-5-6-10-24(34-30(38)28-21(2)27-25(33-28)19-31(3,4)20-26(27)36)29(37)32-23-13-11-22(12-14-23)15-18-35-16-8-7-9-17-35/h11-14,24,33H,5-10,15-20H2,1-4H3,(H,32,37)(H,34,38). The van der Waals surface area contributed by atoms with Crippen LogP contribution >= 0.6 is 0 Å². The Morgan fingerprint density at radius 2 is 1.79 bits per heavy atom. The lowest BCUT2D eigenvalue weighted by Gasteiger charge is -2.28. The van der Waals surface area contributed by atoms with Gasteiger partial charge in [0.1, 0.15) is 11.7 Å². The number of H-pyrrole nitrogens is 1. The van der Waals surface area contributed by atoms with E-state index in [2.05, 4.69) is 53.4 Å². The van der Waals surface area contributed by atoms with Gasteiger partial charge in [-0.2, -0.15) is 0 Å². The number of likely N-dealkylation sites (tertiary alicyclic amines) is 1. The lowest BCUT2D eigenvalue weighted by atomic mass is 9.75. The molecule has 1 saturated heterocycles. The van der Waals surface area contributed by atoms with E-state index in [1.165, 1.54) is 37.9 Å². The zero-order valence-corrected chi connectivity index (χ0v) is 23.5. The minimum Gasteiger partial charge on any atom is -0.354 e. The largest absolute Gasteiger partial charge is 0.354 e. The van der Waals surface area contributed by atoms with Crippen molar-refractivity contribution in [2.45, 2.75) is 91.5 Å². The number of Topliss-reactive ketones (excluding diaryl/α,β-unsaturated/α-hetero) is 1. The fourth-order valence-electron chi connectivity index (χ4n) is 5.82. The van der Waals surface area contributed by atoms with Crippen molar-refractivity contribution in [3.05, 3.63) is 52.3 Å². The third-order valence-electron chi connectivity index (χ3n) is 7.98. The lowest BCUT2D eigenvalue weighted by Crippen LogP contribution is -2.44. The van der Waals surface area contributed by atoms with Crippen LogP contribution in [0.1, 0.15) is 103 Å². The van der Waals surface area contributed by atoms with Gasteiger partial charge in [-0.05, 0) is 80.8 Å². The molecule has 206 valence electrons. The van der Waals surface area contributed by atoms with Crippen LogP contribution in [-0.4, -0.2) is 53.2 Å². The van der Waals surface area contributed by atoms with Gasteiger partial charge in [0.25, 0.3) is 5.91 Å². The first kappa shape index (κ1) is 28.1. The van der Waals surface area contributed by atoms with Crippen molar-refractivity contribution in [2.75, 3.05) is 25.0 Å². The van der Waals surface area contributed by atoms with Crippen LogP contribution in [0.25, 0.3) is 0 Å². The molecule has 1 aliphatic carbocycles. The Morgan fingerprint density at radius 1 is 1.08 bits per heavy atom. The van der Waals surface area contributed by atoms with Crippen LogP contribution in [0.3, 0.4) is 0 Å². The van der Waals surface area contributed by atoms with Crippen molar-refractivity contribution in [3.8, 4) is 0 Å². The van der Waals surface area contributed by atoms with E-state index in [9.17, 15) is 14.4 Å². The van der Waals surface area contributed by atoms with Crippen LogP contribution in [0.15, 0.2) is 24.3 Å². The molecule has 4 rings (SSSR count). The molecule has 7 nitrogen and oxygen atoms in total. The number of amides is 2. The second-order valence-electron chi connectivity index (χ2n) is 11.9. The highest BCUT2D eigenvalue weighted by Crippen LogP contribution is 2.36. The van der Waals surface area contributed by atoms with Gasteiger partial charge in [-0.3, -0.25) is 14.4 Å². The number of fused-ring (bicyclic) bond motifs is 1. The summed E-state index contributed by atoms with van der Waals surface area (Å²) in [6, 6.07) is 7.37. The Labute approximate surface area is 227 Å². The number of nitrogens with one attached hydrogen (secondary N) is 3. The molecule has 3 N–H and O–H groups in total. The zero-order valence-electron chi connectivity index (χ0n) is 23.5. The molecule has 0 radical (unpaired) electrons. The highest BCUT2D eigenvalue weighted by Gasteiger charge is 2.35. The predicted molar refractivity (Wildman–Crippen MR) is 152 cm³/mol. The summed E-state index contributed by atoms with van der Waals surface area (Å²) in [4.78, 5) is 45.0. The number of rotatable bonds is 10. The van der Waals surface area contributed by atoms with Crippen LogP contribution in [0.2, 0.25) is 0 Å². The number of hydrogen-bond donors (Lipinski definition) is 3. The number of aromatic amines is 1. The molecule has 1 aromatic heterocycles. The second kappa shape index (κ2) is 12.3. The summed E-state index contributed by atoms with van der Waals surface area (Å²) in [6.07, 6.45) is 8.41. The maximum absolute atomic E-state index is 13.3. The van der Waals surface area contributed by atoms with Crippen LogP contribution in [0, 0.1) is 12.3 Å². The SMILES string of the molecule is CCCCC(NC(=O)c1[nH]c2c(c1C)C(=O)CC(C)(C)C2)C(=O)Nc1ccc(CCN2CCCCC2)cc1. The van der Waals surface area contributed by atoms with Crippen molar-refractivity contribution in [2.24, 2.45) is 5.41 Å². The molecule has 2 aromatic rings. The van der Waals surface area contributed by atoms with Crippen LogP contribution in [-0.2, 0) is 17.6 Å². The number of carbonyl (C=O) groups excluding carboxylic acids is 3. The molecule has 1 fully saturated rings. The van der Waals surface area contributed by atoms with Crippen molar-refractivity contribution < 1.29 is 14.4 Å². The van der Waals surface area contributed by atoms with Crippen LogP contribution < -0.4 is 10.6 Å². The third-order valence-corrected chi connectivity index (χ3v) is 7.98. The van der Waals surface area contributed by atoms with Gasteiger partial charge < -0.3 is 20.5 Å². The highest BCUT2D eigenvalue weighted by molar-refractivity contribution is 6.06. The Kier molecular flexibility index (Phi) is 9.08. The van der Waals surface area contributed by atoms with Gasteiger partial charge in [0.05, 0.1) is 0 Å². The lowest BCUT2D eigenvalue weighted by molar-refractivity contribution is -0.118. The smallest absolute Gasteiger partial charge is 0.268 e. The first-order valence-electron chi connectivity index (χ1n) is 14.3. The molecule has 1 atom stereocenters. The van der Waals surface area contributed by atoms with Crippen LogP contribution in [0.5, 0.6) is 0 Å². The van der Waals surface area contributed by atoms with Crippen molar-refractivity contribution in [1.29, 1.82) is 0 Å². The molecule has 0 bridgehead atoms. The maximum atomic E-state index is 13.3. The summed E-state index contributed by atoms with van der Waals surface area (Å²) >= 11 is 0. The third kappa shape index (κ3) is 6.93. The molecular formula is C31H44N4O3. The van der Waals surface area contributed by atoms with Gasteiger partial charge in [0.2, 0.25) is 5.91 Å². The van der Waals surface area contributed by atoms with E-state index in [1.54, 1.807) is 0 Å². The summed E-state index contributed by atoms with van der Waals surface area (Å²) in [5.74, 6) is -0.491. The fraction of sp³-hybridized carbons (Fsp3) is 0.581. The number of piperidine rings is 1. The van der Waals surface area contributed by atoms with Gasteiger partial charge in [-0.25, -0.2) is 0 Å². The van der Waals surface area contributed by atoms with E-state index < -0.39 is 6.04 Å². The number of benzene rings is 1. The fourth-order valence-corrected chi connectivity index (χ4v) is 5.82. The minimum atomic E-state index is -0.659. The average Bonchev–Trinajstić information content (AvgIpc) is 3.21. The highest BCUT2D eigenvalue weighted by atomic mass is 16.2. The van der Waals surface area contributed by atoms with Gasteiger partial charge in [-0.15, -0.1) is 0 Å². The second-order valence-corrected chi connectivity index (χ2v) is 11.9. The molecule has 0 saturated carbocycles. The number of anilines is 1. The van der Waals surface area contributed by atoms with Crippen molar-refractivity contribution >= 4 is 23.3 Å². The monoisotopic (exact) mass is 520 g/mol. The van der Waals surface area contributed by atoms with Gasteiger partial charge in [-0.1, -0.05) is 52.2 Å². The predicted octanol–water partition coefficient (Wildman–Crippen LogP) is 5.43. The van der Waals surface area contributed by atoms with Gasteiger partial charge in [0, 0.05) is 29.9 Å². The number of unbranched alkanes of at least 4 members (excludes halogenated alkanes) is 1. The molecule has 1 aromatic carbocycles. The first-order valence-corrected chi connectivity index (χ1v) is 14.3. The van der Waals surface area contributed by atoms with Gasteiger partial charge in [0.15, 0.2) is 5.78 Å². The van der Waals surface area contributed by atoms with Crippen molar-refractivity contribution in [1.82, 2.24) is 15.2 Å². The number of carbonyl (C=O) groups is 3. The quantitative estimate of drug-likeness (QED) is 0.389. The average molecular weight is 521 g/mol. The minimum absolute atomic E-state index is 0.0729. The molecule has 2 amide bonds. The molecule has 2 heterocycles. The molecule has 1 unspecified atom stereocenters. The zero-order chi connectivity index (χ0) is 27.3. The van der Waals surface area contributed by atoms with E-state index in [0.717, 1.165) is 43.6 Å². The van der Waals surface area contributed by atoms with E-state index in [1.807, 2.05) is 19.1 Å². The Balaban J connectivity index is 1.39. The van der Waals surface area contributed by atoms with E-state index >= 15 is 0 Å². The molecule has 1 aliphatic heterocycles.